The number of carbonyl (C=O) groups excluding carboxylic acids is 1. The maximum absolute atomic E-state index is 12.8. The fourth-order valence-corrected chi connectivity index (χ4v) is 4.31. The van der Waals surface area contributed by atoms with Gasteiger partial charge in [0.2, 0.25) is 10.0 Å². The van der Waals surface area contributed by atoms with E-state index in [0.29, 0.717) is 24.1 Å². The SMILES string of the molecule is CCCCN1C(=O)c2ccccc2C1(O)c1ccc(Cl)c(S(N)(=O)=O)c1. The molecule has 0 saturated heterocycles. The van der Waals surface area contributed by atoms with Gasteiger partial charge in [0.05, 0.1) is 5.02 Å². The fourth-order valence-electron chi connectivity index (χ4n) is 3.24. The molecule has 6 nitrogen and oxygen atoms in total. The minimum Gasteiger partial charge on any atom is -0.363 e. The Morgan fingerprint density at radius 2 is 1.92 bits per heavy atom. The number of rotatable bonds is 5. The van der Waals surface area contributed by atoms with Gasteiger partial charge in [-0.3, -0.25) is 4.79 Å². The average molecular weight is 395 g/mol. The number of amides is 1. The van der Waals surface area contributed by atoms with Gasteiger partial charge in [0, 0.05) is 23.2 Å². The molecule has 138 valence electrons. The molecule has 26 heavy (non-hydrogen) atoms. The zero-order valence-corrected chi connectivity index (χ0v) is 15.7. The van der Waals surface area contributed by atoms with Crippen LogP contribution in [0.5, 0.6) is 0 Å². The predicted octanol–water partition coefficient (Wildman–Crippen LogP) is 2.44. The van der Waals surface area contributed by atoms with Crippen LogP contribution < -0.4 is 5.14 Å². The molecule has 8 heteroatoms. The second kappa shape index (κ2) is 6.66. The molecule has 0 fully saturated rings. The number of sulfonamides is 1. The van der Waals surface area contributed by atoms with E-state index in [2.05, 4.69) is 0 Å². The Bertz CT molecular complexity index is 977. The van der Waals surface area contributed by atoms with Gasteiger partial charge in [-0.1, -0.05) is 49.2 Å². The molecule has 1 amide bonds. The van der Waals surface area contributed by atoms with Crippen molar-refractivity contribution in [1.82, 2.24) is 4.90 Å². The number of hydrogen-bond acceptors (Lipinski definition) is 4. The highest BCUT2D eigenvalue weighted by Gasteiger charge is 2.49. The van der Waals surface area contributed by atoms with Crippen LogP contribution in [0, 0.1) is 0 Å². The number of hydrogen-bond donors (Lipinski definition) is 2. The van der Waals surface area contributed by atoms with Crippen LogP contribution in [0.3, 0.4) is 0 Å². The summed E-state index contributed by atoms with van der Waals surface area (Å²) in [6.07, 6.45) is 1.52. The third-order valence-electron chi connectivity index (χ3n) is 4.54. The van der Waals surface area contributed by atoms with Crippen LogP contribution in [0.2, 0.25) is 5.02 Å². The number of aliphatic hydroxyl groups is 1. The van der Waals surface area contributed by atoms with Gasteiger partial charge in [0.25, 0.3) is 5.91 Å². The Morgan fingerprint density at radius 1 is 1.23 bits per heavy atom. The van der Waals surface area contributed by atoms with Crippen LogP contribution in [-0.4, -0.2) is 30.9 Å². The number of halogens is 1. The molecule has 1 aliphatic rings. The highest BCUT2D eigenvalue weighted by Crippen LogP contribution is 2.43. The molecule has 0 spiro atoms. The third-order valence-corrected chi connectivity index (χ3v) is 5.94. The Balaban J connectivity index is 2.24. The van der Waals surface area contributed by atoms with Crippen molar-refractivity contribution in [3.05, 3.63) is 64.2 Å². The number of fused-ring (bicyclic) bond motifs is 1. The fraction of sp³-hybridized carbons (Fsp3) is 0.278. The molecule has 2 aromatic carbocycles. The zero-order valence-electron chi connectivity index (χ0n) is 14.1. The summed E-state index contributed by atoms with van der Waals surface area (Å²) < 4.78 is 23.6. The van der Waals surface area contributed by atoms with Crippen LogP contribution >= 0.6 is 11.6 Å². The van der Waals surface area contributed by atoms with Crippen molar-refractivity contribution < 1.29 is 18.3 Å². The molecule has 3 rings (SSSR count). The summed E-state index contributed by atoms with van der Waals surface area (Å²) in [4.78, 5) is 13.9. The summed E-state index contributed by atoms with van der Waals surface area (Å²) in [6, 6.07) is 10.8. The summed E-state index contributed by atoms with van der Waals surface area (Å²) >= 11 is 5.96. The van der Waals surface area contributed by atoms with Gasteiger partial charge < -0.3 is 10.0 Å². The number of primary sulfonamides is 1. The van der Waals surface area contributed by atoms with Gasteiger partial charge in [-0.2, -0.15) is 0 Å². The van der Waals surface area contributed by atoms with E-state index in [1.54, 1.807) is 24.3 Å². The van der Waals surface area contributed by atoms with Gasteiger partial charge in [0.1, 0.15) is 4.90 Å². The van der Waals surface area contributed by atoms with Gasteiger partial charge >= 0.3 is 0 Å². The van der Waals surface area contributed by atoms with E-state index < -0.39 is 15.7 Å². The lowest BCUT2D eigenvalue weighted by atomic mass is 9.93. The number of nitrogens with two attached hydrogens (primary N) is 1. The first-order chi connectivity index (χ1) is 12.2. The second-order valence-corrected chi connectivity index (χ2v) is 8.16. The first kappa shape index (κ1) is 18.8. The Kier molecular flexibility index (Phi) is 4.83. The van der Waals surface area contributed by atoms with Crippen molar-refractivity contribution in [2.24, 2.45) is 5.14 Å². The highest BCUT2D eigenvalue weighted by molar-refractivity contribution is 7.89. The number of benzene rings is 2. The Labute approximate surface area is 157 Å². The smallest absolute Gasteiger partial charge is 0.257 e. The van der Waals surface area contributed by atoms with E-state index in [1.165, 1.54) is 23.1 Å². The molecule has 1 aliphatic heterocycles. The lowest BCUT2D eigenvalue weighted by Crippen LogP contribution is -2.45. The first-order valence-corrected chi connectivity index (χ1v) is 10.1. The minimum absolute atomic E-state index is 0.0439. The molecular weight excluding hydrogens is 376 g/mol. The molecule has 0 bridgehead atoms. The quantitative estimate of drug-likeness (QED) is 0.813. The zero-order chi connectivity index (χ0) is 19.1. The molecule has 2 aromatic rings. The largest absolute Gasteiger partial charge is 0.363 e. The van der Waals surface area contributed by atoms with Crippen molar-refractivity contribution in [3.8, 4) is 0 Å². The van der Waals surface area contributed by atoms with E-state index in [0.717, 1.165) is 6.42 Å². The predicted molar refractivity (Wildman–Crippen MR) is 98.2 cm³/mol. The topological polar surface area (TPSA) is 101 Å². The van der Waals surface area contributed by atoms with Crippen LogP contribution in [0.1, 0.15) is 41.3 Å². The van der Waals surface area contributed by atoms with Gasteiger partial charge in [-0.05, 0) is 24.6 Å². The maximum atomic E-state index is 12.8. The van der Waals surface area contributed by atoms with Crippen molar-refractivity contribution in [2.75, 3.05) is 6.54 Å². The summed E-state index contributed by atoms with van der Waals surface area (Å²) in [5.74, 6) is -0.302. The number of unbranched alkanes of at least 4 members (excludes halogenated alkanes) is 1. The number of carbonyl (C=O) groups is 1. The molecular formula is C18H19ClN2O4S. The van der Waals surface area contributed by atoms with Crippen molar-refractivity contribution in [3.63, 3.8) is 0 Å². The monoisotopic (exact) mass is 394 g/mol. The van der Waals surface area contributed by atoms with Crippen LogP contribution in [0.15, 0.2) is 47.4 Å². The van der Waals surface area contributed by atoms with E-state index in [-0.39, 0.29) is 21.4 Å². The van der Waals surface area contributed by atoms with Gasteiger partial charge in [0.15, 0.2) is 5.72 Å². The minimum atomic E-state index is -4.08. The summed E-state index contributed by atoms with van der Waals surface area (Å²) in [5, 5.41) is 16.8. The lowest BCUT2D eigenvalue weighted by Gasteiger charge is -2.35. The van der Waals surface area contributed by atoms with Gasteiger partial charge in [-0.15, -0.1) is 0 Å². The summed E-state index contributed by atoms with van der Waals surface area (Å²) in [7, 11) is -4.08. The first-order valence-electron chi connectivity index (χ1n) is 8.18. The van der Waals surface area contributed by atoms with E-state index in [9.17, 15) is 18.3 Å². The van der Waals surface area contributed by atoms with Crippen molar-refractivity contribution >= 4 is 27.5 Å². The number of nitrogens with zero attached hydrogens (tertiary/aromatic N) is 1. The summed E-state index contributed by atoms with van der Waals surface area (Å²) in [5.41, 5.74) is -0.769. The van der Waals surface area contributed by atoms with E-state index in [1.807, 2.05) is 6.92 Å². The van der Waals surface area contributed by atoms with Crippen molar-refractivity contribution in [2.45, 2.75) is 30.4 Å². The normalized spacial score (nSPS) is 19.7. The molecule has 3 N–H and O–H groups in total. The molecule has 0 saturated carbocycles. The van der Waals surface area contributed by atoms with Crippen molar-refractivity contribution in [1.29, 1.82) is 0 Å². The van der Waals surface area contributed by atoms with Crippen LogP contribution in [0.25, 0.3) is 0 Å². The second-order valence-electron chi connectivity index (χ2n) is 6.22. The lowest BCUT2D eigenvalue weighted by molar-refractivity contribution is -0.0504. The Hall–Kier alpha value is -1.93. The van der Waals surface area contributed by atoms with Crippen LogP contribution in [0.4, 0.5) is 0 Å². The van der Waals surface area contributed by atoms with E-state index >= 15 is 0 Å². The molecule has 1 heterocycles. The molecule has 1 atom stereocenters. The molecule has 0 radical (unpaired) electrons. The highest BCUT2D eigenvalue weighted by atomic mass is 35.5. The molecule has 1 unspecified atom stereocenters. The van der Waals surface area contributed by atoms with Crippen LogP contribution in [-0.2, 0) is 15.7 Å². The summed E-state index contributed by atoms with van der Waals surface area (Å²) in [6.45, 7) is 2.31. The van der Waals surface area contributed by atoms with E-state index in [4.69, 9.17) is 16.7 Å². The maximum Gasteiger partial charge on any atom is 0.257 e. The molecule has 0 aliphatic carbocycles. The third kappa shape index (κ3) is 2.91. The molecule has 0 aromatic heterocycles. The standard InChI is InChI=1S/C18H19ClN2O4S/c1-2-3-10-21-17(22)13-6-4-5-7-14(13)18(21,23)12-8-9-15(19)16(11-12)26(20,24)25/h4-9,11,23H,2-3,10H2,1H3,(H2,20,24,25). The Morgan fingerprint density at radius 3 is 2.58 bits per heavy atom. The van der Waals surface area contributed by atoms with Gasteiger partial charge in [-0.25, -0.2) is 13.6 Å². The average Bonchev–Trinajstić information content (AvgIpc) is 2.81.